The molecule has 0 spiro atoms. The standard InChI is InChI=1S/C16H29N/c1-11(2)13-8-9-16(4)14(13)10-12(3)6-7-15(16)17-5/h10-11,13-15H,5-9,17H2,1-4H3. The van der Waals surface area contributed by atoms with Crippen LogP contribution in [0.15, 0.2) is 11.6 Å². The van der Waals surface area contributed by atoms with Crippen molar-refractivity contribution in [2.45, 2.75) is 59.4 Å². The molecule has 0 aromatic heterocycles. The molecule has 0 saturated heterocycles. The SMILES string of the molecule is [CH2-][NH2+]C1CCC(C)=CC2C(C(C)C)CCC12C. The third-order valence-electron chi connectivity index (χ3n) is 5.54. The molecule has 1 saturated carbocycles. The summed E-state index contributed by atoms with van der Waals surface area (Å²) in [6.07, 6.45) is 7.99. The van der Waals surface area contributed by atoms with Gasteiger partial charge in [0.2, 0.25) is 0 Å². The van der Waals surface area contributed by atoms with Crippen LogP contribution >= 0.6 is 0 Å². The number of hydrogen-bond acceptors (Lipinski definition) is 0. The van der Waals surface area contributed by atoms with E-state index in [1.54, 1.807) is 5.57 Å². The third-order valence-corrected chi connectivity index (χ3v) is 5.54. The molecule has 0 heterocycles. The fraction of sp³-hybridized carbons (Fsp3) is 0.812. The number of rotatable bonds is 2. The van der Waals surface area contributed by atoms with E-state index in [1.165, 1.54) is 25.7 Å². The predicted octanol–water partition coefficient (Wildman–Crippen LogP) is 3.14. The lowest BCUT2D eigenvalue weighted by Gasteiger charge is -2.38. The van der Waals surface area contributed by atoms with E-state index in [0.717, 1.165) is 17.8 Å². The van der Waals surface area contributed by atoms with Gasteiger partial charge in [-0.15, -0.1) is 0 Å². The summed E-state index contributed by atoms with van der Waals surface area (Å²) < 4.78 is 0. The molecule has 17 heavy (non-hydrogen) atoms. The van der Waals surface area contributed by atoms with E-state index in [1.807, 2.05) is 0 Å². The van der Waals surface area contributed by atoms with E-state index >= 15 is 0 Å². The van der Waals surface area contributed by atoms with Crippen molar-refractivity contribution in [2.24, 2.45) is 23.2 Å². The largest absolute Gasteiger partial charge is 0.476 e. The number of quaternary nitrogens is 1. The van der Waals surface area contributed by atoms with Gasteiger partial charge in [0.15, 0.2) is 0 Å². The fourth-order valence-corrected chi connectivity index (χ4v) is 4.30. The summed E-state index contributed by atoms with van der Waals surface area (Å²) in [7, 11) is 4.10. The lowest BCUT2D eigenvalue weighted by molar-refractivity contribution is -0.651. The minimum atomic E-state index is 0.481. The molecule has 2 aliphatic carbocycles. The van der Waals surface area contributed by atoms with Crippen molar-refractivity contribution in [1.82, 2.24) is 0 Å². The normalized spacial score (nSPS) is 42.2. The molecular weight excluding hydrogens is 206 g/mol. The predicted molar refractivity (Wildman–Crippen MR) is 73.2 cm³/mol. The van der Waals surface area contributed by atoms with Crippen molar-refractivity contribution in [2.75, 3.05) is 0 Å². The second-order valence-electron chi connectivity index (χ2n) is 6.87. The van der Waals surface area contributed by atoms with E-state index in [4.69, 9.17) is 0 Å². The van der Waals surface area contributed by atoms with Crippen LogP contribution in [0.4, 0.5) is 0 Å². The van der Waals surface area contributed by atoms with Crippen molar-refractivity contribution in [3.8, 4) is 0 Å². The highest BCUT2D eigenvalue weighted by atomic mass is 14.9. The molecule has 4 atom stereocenters. The second kappa shape index (κ2) is 4.76. The van der Waals surface area contributed by atoms with Gasteiger partial charge in [-0.2, -0.15) is 7.05 Å². The Kier molecular flexibility index (Phi) is 3.68. The van der Waals surface area contributed by atoms with E-state index in [0.29, 0.717) is 11.5 Å². The Morgan fingerprint density at radius 2 is 2.12 bits per heavy atom. The Morgan fingerprint density at radius 1 is 1.41 bits per heavy atom. The average Bonchev–Trinajstić information content (AvgIpc) is 2.52. The van der Waals surface area contributed by atoms with Crippen molar-refractivity contribution >= 4 is 0 Å². The van der Waals surface area contributed by atoms with Gasteiger partial charge in [0.05, 0.1) is 6.04 Å². The molecule has 0 radical (unpaired) electrons. The quantitative estimate of drug-likeness (QED) is 0.559. The van der Waals surface area contributed by atoms with Gasteiger partial charge in [0.1, 0.15) is 0 Å². The molecule has 1 heteroatoms. The molecule has 0 bridgehead atoms. The summed E-state index contributed by atoms with van der Waals surface area (Å²) >= 11 is 0. The number of hydrogen-bond donors (Lipinski definition) is 1. The minimum Gasteiger partial charge on any atom is -0.476 e. The van der Waals surface area contributed by atoms with E-state index in [9.17, 15) is 0 Å². The van der Waals surface area contributed by atoms with Crippen LogP contribution in [0.5, 0.6) is 0 Å². The molecule has 0 aromatic carbocycles. The lowest BCUT2D eigenvalue weighted by atomic mass is 9.70. The molecule has 2 N–H and O–H groups in total. The Bertz CT molecular complexity index is 305. The minimum absolute atomic E-state index is 0.481. The van der Waals surface area contributed by atoms with Crippen LogP contribution in [0, 0.1) is 30.2 Å². The lowest BCUT2D eigenvalue weighted by Crippen LogP contribution is -2.87. The molecule has 1 nitrogen and oxygen atoms in total. The van der Waals surface area contributed by atoms with Crippen molar-refractivity contribution < 1.29 is 5.32 Å². The fourth-order valence-electron chi connectivity index (χ4n) is 4.30. The zero-order chi connectivity index (χ0) is 12.6. The van der Waals surface area contributed by atoms with Crippen LogP contribution < -0.4 is 5.32 Å². The second-order valence-corrected chi connectivity index (χ2v) is 6.87. The van der Waals surface area contributed by atoms with Crippen molar-refractivity contribution in [3.63, 3.8) is 0 Å². The third kappa shape index (κ3) is 2.19. The molecule has 4 unspecified atom stereocenters. The molecule has 0 aliphatic heterocycles. The van der Waals surface area contributed by atoms with Crippen molar-refractivity contribution in [3.05, 3.63) is 18.7 Å². The van der Waals surface area contributed by atoms with Gasteiger partial charge < -0.3 is 5.32 Å². The van der Waals surface area contributed by atoms with Crippen LogP contribution in [-0.2, 0) is 0 Å². The maximum Gasteiger partial charge on any atom is 0.0683 e. The molecule has 0 aromatic rings. The van der Waals surface area contributed by atoms with Crippen LogP contribution in [0.25, 0.3) is 0 Å². The van der Waals surface area contributed by atoms with Gasteiger partial charge in [-0.3, -0.25) is 0 Å². The van der Waals surface area contributed by atoms with Gasteiger partial charge in [-0.25, -0.2) is 0 Å². The first-order valence-electron chi connectivity index (χ1n) is 7.29. The van der Waals surface area contributed by atoms with E-state index in [-0.39, 0.29) is 0 Å². The highest BCUT2D eigenvalue weighted by Gasteiger charge is 2.50. The maximum atomic E-state index is 4.10. The average molecular weight is 235 g/mol. The van der Waals surface area contributed by atoms with Crippen LogP contribution in [-0.4, -0.2) is 6.04 Å². The summed E-state index contributed by atoms with van der Waals surface area (Å²) in [5, 5.41) is 2.24. The molecule has 1 fully saturated rings. The Morgan fingerprint density at radius 3 is 2.71 bits per heavy atom. The van der Waals surface area contributed by atoms with Crippen molar-refractivity contribution in [1.29, 1.82) is 0 Å². The number of allylic oxidation sites excluding steroid dienone is 2. The smallest absolute Gasteiger partial charge is 0.0683 e. The zero-order valence-electron chi connectivity index (χ0n) is 12.0. The Hall–Kier alpha value is -0.300. The summed E-state index contributed by atoms with van der Waals surface area (Å²) in [4.78, 5) is 0. The number of fused-ring (bicyclic) bond motifs is 1. The van der Waals surface area contributed by atoms with Gasteiger partial charge in [0.25, 0.3) is 0 Å². The van der Waals surface area contributed by atoms with Gasteiger partial charge >= 0.3 is 0 Å². The molecule has 2 aliphatic rings. The van der Waals surface area contributed by atoms with Gasteiger partial charge in [0, 0.05) is 11.8 Å². The Labute approximate surface area is 107 Å². The molecule has 98 valence electrons. The maximum absolute atomic E-state index is 4.10. The van der Waals surface area contributed by atoms with Crippen LogP contribution in [0.2, 0.25) is 0 Å². The van der Waals surface area contributed by atoms with Gasteiger partial charge in [-0.05, 0) is 43.9 Å². The zero-order valence-corrected chi connectivity index (χ0v) is 12.0. The summed E-state index contributed by atoms with van der Waals surface area (Å²) in [6, 6.07) is 0.713. The van der Waals surface area contributed by atoms with E-state index in [2.05, 4.69) is 46.1 Å². The molecule has 0 amide bonds. The topological polar surface area (TPSA) is 16.6 Å². The van der Waals surface area contributed by atoms with Crippen LogP contribution in [0.1, 0.15) is 53.4 Å². The Balaban J connectivity index is 2.33. The molecule has 2 rings (SSSR count). The summed E-state index contributed by atoms with van der Waals surface area (Å²) in [5.41, 5.74) is 2.09. The monoisotopic (exact) mass is 235 g/mol. The van der Waals surface area contributed by atoms with Gasteiger partial charge in [-0.1, -0.05) is 32.4 Å². The summed E-state index contributed by atoms with van der Waals surface area (Å²) in [6.45, 7) is 9.63. The first-order valence-corrected chi connectivity index (χ1v) is 7.29. The summed E-state index contributed by atoms with van der Waals surface area (Å²) in [5.74, 6) is 2.48. The highest BCUT2D eigenvalue weighted by molar-refractivity contribution is 5.14. The molecular formula is C16H29N. The first kappa shape index (κ1) is 13.1. The first-order chi connectivity index (χ1) is 7.99. The highest BCUT2D eigenvalue weighted by Crippen LogP contribution is 2.53. The number of nitrogens with two attached hydrogens (primary N) is 1. The van der Waals surface area contributed by atoms with E-state index < -0.39 is 0 Å². The van der Waals surface area contributed by atoms with Crippen LogP contribution in [0.3, 0.4) is 0 Å².